The number of ether oxygens (including phenoxy) is 2. The number of rotatable bonds is 8. The van der Waals surface area contributed by atoms with Crippen LogP contribution >= 0.6 is 0 Å². The Kier molecular flexibility index (Phi) is 6.74. The summed E-state index contributed by atoms with van der Waals surface area (Å²) in [5.74, 6) is -0.545. The molecule has 33 heavy (non-hydrogen) atoms. The van der Waals surface area contributed by atoms with Crippen LogP contribution in [0.4, 0.5) is 4.79 Å². The summed E-state index contributed by atoms with van der Waals surface area (Å²) in [6, 6.07) is 21.6. The third kappa shape index (κ3) is 5.06. The average Bonchev–Trinajstić information content (AvgIpc) is 3.16. The number of carbonyl (C=O) groups excluding carboxylic acids is 2. The van der Waals surface area contributed by atoms with Gasteiger partial charge >= 0.3 is 12.1 Å². The number of nitrogens with one attached hydrogen (secondary N) is 1. The number of alkyl carbamates (subject to hydrolysis) is 1. The van der Waals surface area contributed by atoms with E-state index in [2.05, 4.69) is 24.0 Å². The molecule has 0 radical (unpaired) electrons. The van der Waals surface area contributed by atoms with Crippen molar-refractivity contribution in [2.75, 3.05) is 13.2 Å². The van der Waals surface area contributed by atoms with E-state index in [1.54, 1.807) is 12.1 Å². The van der Waals surface area contributed by atoms with Gasteiger partial charge < -0.3 is 19.9 Å². The van der Waals surface area contributed by atoms with E-state index >= 15 is 0 Å². The van der Waals surface area contributed by atoms with Crippen molar-refractivity contribution < 1.29 is 24.2 Å². The number of hydrogen-bond acceptors (Lipinski definition) is 5. The SMILES string of the molecule is C=CCOC(=O)C(Cc1ccc(O)cc1)NC(=O)OCC1c2ccccc2-c2ccccc21. The van der Waals surface area contributed by atoms with Crippen molar-refractivity contribution in [3.8, 4) is 16.9 Å². The summed E-state index contributed by atoms with van der Waals surface area (Å²) in [4.78, 5) is 25.2. The maximum atomic E-state index is 12.7. The summed E-state index contributed by atoms with van der Waals surface area (Å²) in [5.41, 5.74) is 5.25. The van der Waals surface area contributed by atoms with E-state index in [0.717, 1.165) is 27.8 Å². The summed E-state index contributed by atoms with van der Waals surface area (Å²) in [5, 5.41) is 12.1. The third-order valence-corrected chi connectivity index (χ3v) is 5.64. The van der Waals surface area contributed by atoms with Crippen LogP contribution in [0.2, 0.25) is 0 Å². The van der Waals surface area contributed by atoms with Crippen LogP contribution in [0.1, 0.15) is 22.6 Å². The van der Waals surface area contributed by atoms with Crippen LogP contribution in [0, 0.1) is 0 Å². The zero-order valence-electron chi connectivity index (χ0n) is 18.1. The molecule has 0 aromatic heterocycles. The van der Waals surface area contributed by atoms with Gasteiger partial charge in [0.25, 0.3) is 0 Å². The molecule has 0 aliphatic heterocycles. The maximum absolute atomic E-state index is 12.7. The minimum atomic E-state index is -0.940. The van der Waals surface area contributed by atoms with Crippen LogP contribution in [0.5, 0.6) is 5.75 Å². The first kappa shape index (κ1) is 22.1. The normalized spacial score (nSPS) is 12.8. The van der Waals surface area contributed by atoms with Gasteiger partial charge in [-0.1, -0.05) is 73.3 Å². The Morgan fingerprint density at radius 1 is 0.939 bits per heavy atom. The van der Waals surface area contributed by atoms with Gasteiger partial charge in [0.15, 0.2) is 0 Å². The van der Waals surface area contributed by atoms with Crippen LogP contribution < -0.4 is 5.32 Å². The van der Waals surface area contributed by atoms with Gasteiger partial charge in [0.1, 0.15) is 25.0 Å². The molecule has 1 atom stereocenters. The number of amides is 1. The number of phenolic OH excluding ortho intramolecular Hbond substituents is 1. The van der Waals surface area contributed by atoms with E-state index < -0.39 is 18.1 Å². The van der Waals surface area contributed by atoms with Gasteiger partial charge in [-0.3, -0.25) is 0 Å². The van der Waals surface area contributed by atoms with Gasteiger partial charge in [-0.05, 0) is 39.9 Å². The highest BCUT2D eigenvalue weighted by atomic mass is 16.6. The molecular weight excluding hydrogens is 418 g/mol. The Labute approximate surface area is 192 Å². The fourth-order valence-corrected chi connectivity index (χ4v) is 4.09. The molecule has 6 nitrogen and oxygen atoms in total. The molecule has 2 N–H and O–H groups in total. The van der Waals surface area contributed by atoms with E-state index in [9.17, 15) is 14.7 Å². The quantitative estimate of drug-likeness (QED) is 0.394. The first-order chi connectivity index (χ1) is 16.1. The van der Waals surface area contributed by atoms with Gasteiger partial charge in [-0.2, -0.15) is 0 Å². The van der Waals surface area contributed by atoms with Crippen LogP contribution in [-0.4, -0.2) is 36.4 Å². The van der Waals surface area contributed by atoms with E-state index in [1.807, 2.05) is 36.4 Å². The van der Waals surface area contributed by atoms with Crippen LogP contribution in [-0.2, 0) is 20.7 Å². The van der Waals surface area contributed by atoms with Gasteiger partial charge in [-0.25, -0.2) is 9.59 Å². The zero-order chi connectivity index (χ0) is 23.2. The van der Waals surface area contributed by atoms with E-state index in [4.69, 9.17) is 9.47 Å². The summed E-state index contributed by atoms with van der Waals surface area (Å²) < 4.78 is 10.7. The number of aromatic hydroxyl groups is 1. The van der Waals surface area contributed by atoms with Gasteiger partial charge in [-0.15, -0.1) is 0 Å². The lowest BCUT2D eigenvalue weighted by Crippen LogP contribution is -2.44. The molecule has 0 fully saturated rings. The lowest BCUT2D eigenvalue weighted by molar-refractivity contribution is -0.144. The average molecular weight is 443 g/mol. The first-order valence-corrected chi connectivity index (χ1v) is 10.7. The van der Waals surface area contributed by atoms with Crippen molar-refractivity contribution in [2.45, 2.75) is 18.4 Å². The number of phenols is 1. The molecule has 4 rings (SSSR count). The zero-order valence-corrected chi connectivity index (χ0v) is 18.1. The highest BCUT2D eigenvalue weighted by molar-refractivity contribution is 5.82. The molecule has 0 saturated heterocycles. The van der Waals surface area contributed by atoms with Crippen molar-refractivity contribution >= 4 is 12.1 Å². The second kappa shape index (κ2) is 10.0. The monoisotopic (exact) mass is 443 g/mol. The number of esters is 1. The Morgan fingerprint density at radius 3 is 2.15 bits per heavy atom. The van der Waals surface area contributed by atoms with Gasteiger partial charge in [0.05, 0.1) is 0 Å². The van der Waals surface area contributed by atoms with Crippen molar-refractivity contribution in [1.29, 1.82) is 0 Å². The fourth-order valence-electron chi connectivity index (χ4n) is 4.09. The molecule has 1 aliphatic rings. The summed E-state index contributed by atoms with van der Waals surface area (Å²) in [6.07, 6.45) is 0.958. The molecule has 0 saturated carbocycles. The van der Waals surface area contributed by atoms with Gasteiger partial charge in [0.2, 0.25) is 0 Å². The minimum absolute atomic E-state index is 0.0390. The van der Waals surface area contributed by atoms with Crippen molar-refractivity contribution in [3.05, 3.63) is 102 Å². The fraction of sp³-hybridized carbons (Fsp3) is 0.185. The summed E-state index contributed by atoms with van der Waals surface area (Å²) >= 11 is 0. The number of hydrogen-bond donors (Lipinski definition) is 2. The molecule has 1 aliphatic carbocycles. The van der Waals surface area contributed by atoms with Gasteiger partial charge in [0, 0.05) is 12.3 Å². The minimum Gasteiger partial charge on any atom is -0.508 e. The van der Waals surface area contributed by atoms with E-state index in [-0.39, 0.29) is 31.3 Å². The molecule has 0 heterocycles. The molecule has 1 unspecified atom stereocenters. The summed E-state index contributed by atoms with van der Waals surface area (Å²) in [7, 11) is 0. The van der Waals surface area contributed by atoms with Crippen molar-refractivity contribution in [2.24, 2.45) is 0 Å². The Hall–Kier alpha value is -4.06. The molecule has 0 bridgehead atoms. The first-order valence-electron chi connectivity index (χ1n) is 10.7. The molecule has 3 aromatic carbocycles. The largest absolute Gasteiger partial charge is 0.508 e. The number of benzene rings is 3. The van der Waals surface area contributed by atoms with Crippen LogP contribution in [0.25, 0.3) is 11.1 Å². The summed E-state index contributed by atoms with van der Waals surface area (Å²) in [6.45, 7) is 3.73. The Bertz CT molecular complexity index is 1110. The topological polar surface area (TPSA) is 84.9 Å². The van der Waals surface area contributed by atoms with Crippen LogP contribution in [0.3, 0.4) is 0 Å². The lowest BCUT2D eigenvalue weighted by atomic mass is 9.98. The highest BCUT2D eigenvalue weighted by Gasteiger charge is 2.30. The predicted octanol–water partition coefficient (Wildman–Crippen LogP) is 4.57. The highest BCUT2D eigenvalue weighted by Crippen LogP contribution is 2.44. The smallest absolute Gasteiger partial charge is 0.407 e. The standard InChI is InChI=1S/C27H25NO5/c1-2-15-32-26(30)25(16-18-11-13-19(29)14-12-18)28-27(31)33-17-24-22-9-5-3-7-20(22)21-8-4-6-10-23(21)24/h2-14,24-25,29H,1,15-17H2,(H,28,31). The second-order valence-corrected chi connectivity index (χ2v) is 7.81. The molecule has 6 heteroatoms. The number of carbonyl (C=O) groups is 2. The Morgan fingerprint density at radius 2 is 1.55 bits per heavy atom. The molecule has 168 valence electrons. The van der Waals surface area contributed by atoms with E-state index in [0.29, 0.717) is 0 Å². The molecule has 1 amide bonds. The number of fused-ring (bicyclic) bond motifs is 3. The van der Waals surface area contributed by atoms with E-state index in [1.165, 1.54) is 18.2 Å². The molecule has 0 spiro atoms. The maximum Gasteiger partial charge on any atom is 0.407 e. The van der Waals surface area contributed by atoms with Crippen molar-refractivity contribution in [3.63, 3.8) is 0 Å². The third-order valence-electron chi connectivity index (χ3n) is 5.64. The predicted molar refractivity (Wildman–Crippen MR) is 125 cm³/mol. The van der Waals surface area contributed by atoms with Crippen LogP contribution in [0.15, 0.2) is 85.5 Å². The molecular formula is C27H25NO5. The lowest BCUT2D eigenvalue weighted by Gasteiger charge is -2.19. The Balaban J connectivity index is 1.44. The second-order valence-electron chi connectivity index (χ2n) is 7.81. The molecule has 3 aromatic rings. The van der Waals surface area contributed by atoms with Crippen molar-refractivity contribution in [1.82, 2.24) is 5.32 Å².